The summed E-state index contributed by atoms with van der Waals surface area (Å²) in [5.74, 6) is 0. The Balaban J connectivity index is 3.19. The highest BCUT2D eigenvalue weighted by Crippen LogP contribution is 2.12. The van der Waals surface area contributed by atoms with Crippen LogP contribution in [0.2, 0.25) is 0 Å². The largest absolute Gasteiger partial charge is 0.326 e. The van der Waals surface area contributed by atoms with Gasteiger partial charge in [-0.15, -0.1) is 0 Å². The molecule has 0 bridgehead atoms. The third-order valence-corrected chi connectivity index (χ3v) is 1.12. The minimum atomic E-state index is -2.94. The second-order valence-electron chi connectivity index (χ2n) is 1.38. The summed E-state index contributed by atoms with van der Waals surface area (Å²) in [6.07, 6.45) is 0.179. The van der Waals surface area contributed by atoms with Crippen molar-refractivity contribution in [1.29, 1.82) is 0 Å². The monoisotopic (exact) mass is 169 g/mol. The Hall–Kier alpha value is -0.420. The van der Waals surface area contributed by atoms with Crippen LogP contribution in [0.3, 0.4) is 0 Å². The van der Waals surface area contributed by atoms with Crippen molar-refractivity contribution in [2.45, 2.75) is 0 Å². The number of carbonyl (C=O) groups excluding carboxylic acids is 1. The molecule has 60 valence electrons. The number of hydrogen-bond donors (Lipinski definition) is 2. The summed E-state index contributed by atoms with van der Waals surface area (Å²) in [7, 11) is -2.94. The van der Waals surface area contributed by atoms with Crippen molar-refractivity contribution in [2.24, 2.45) is 0 Å². The topological polar surface area (TPSA) is 87.1 Å². The maximum absolute atomic E-state index is 9.84. The van der Waals surface area contributed by atoms with Crippen molar-refractivity contribution in [3.63, 3.8) is 0 Å². The lowest BCUT2D eigenvalue weighted by atomic mass is 10.7. The van der Waals surface area contributed by atoms with Crippen LogP contribution in [-0.4, -0.2) is 34.7 Å². The lowest BCUT2D eigenvalue weighted by Gasteiger charge is -2.05. The first-order valence-electron chi connectivity index (χ1n) is 2.43. The lowest BCUT2D eigenvalue weighted by molar-refractivity contribution is -0.150. The molecule has 0 saturated carbocycles. The molecule has 6 nitrogen and oxygen atoms in total. The van der Waals surface area contributed by atoms with Gasteiger partial charge < -0.3 is 9.42 Å². The van der Waals surface area contributed by atoms with E-state index in [1.807, 2.05) is 0 Å². The Kier molecular flexibility index (Phi) is 5.15. The molecule has 0 radical (unpaired) electrons. The molecule has 0 heterocycles. The predicted octanol–water partition coefficient (Wildman–Crippen LogP) is -0.767. The molecule has 0 aromatic heterocycles. The lowest BCUT2D eigenvalue weighted by Crippen LogP contribution is -2.20. The summed E-state index contributed by atoms with van der Waals surface area (Å²) in [5.41, 5.74) is 0. The van der Waals surface area contributed by atoms with Crippen molar-refractivity contribution < 1.29 is 24.0 Å². The first kappa shape index (κ1) is 9.58. The summed E-state index contributed by atoms with van der Waals surface area (Å²) >= 11 is 0. The number of nitrogens with zero attached hydrogens (tertiary/aromatic N) is 1. The van der Waals surface area contributed by atoms with E-state index in [0.29, 0.717) is 5.06 Å². The zero-order chi connectivity index (χ0) is 7.98. The zero-order valence-electron chi connectivity index (χ0n) is 5.06. The first-order valence-corrected chi connectivity index (χ1v) is 3.69. The number of carbonyl (C=O) groups is 1. The van der Waals surface area contributed by atoms with E-state index in [9.17, 15) is 9.36 Å². The first-order chi connectivity index (χ1) is 4.66. The fourth-order valence-electron chi connectivity index (χ4n) is 0.279. The Morgan fingerprint density at radius 3 is 2.70 bits per heavy atom. The molecular formula is C3H8NO5P. The Morgan fingerprint density at radius 2 is 2.30 bits per heavy atom. The Labute approximate surface area is 57.9 Å². The van der Waals surface area contributed by atoms with Crippen LogP contribution < -0.4 is 0 Å². The van der Waals surface area contributed by atoms with Gasteiger partial charge >= 0.3 is 8.25 Å². The maximum Gasteiger partial charge on any atom is 0.316 e. The minimum Gasteiger partial charge on any atom is -0.326 e. The molecule has 0 aliphatic carbocycles. The van der Waals surface area contributed by atoms with Gasteiger partial charge in [-0.2, -0.15) is 0 Å². The van der Waals surface area contributed by atoms with Crippen LogP contribution in [0.5, 0.6) is 0 Å². The van der Waals surface area contributed by atoms with Gasteiger partial charge in [0.1, 0.15) is 0 Å². The number of hydrogen-bond acceptors (Lipinski definition) is 4. The molecule has 7 heteroatoms. The van der Waals surface area contributed by atoms with Crippen LogP contribution in [0.1, 0.15) is 0 Å². The van der Waals surface area contributed by atoms with E-state index in [2.05, 4.69) is 4.52 Å². The fraction of sp³-hybridized carbons (Fsp3) is 0.667. The Morgan fingerprint density at radius 1 is 1.70 bits per heavy atom. The van der Waals surface area contributed by atoms with E-state index in [4.69, 9.17) is 10.1 Å². The molecule has 0 fully saturated rings. The highest BCUT2D eigenvalue weighted by molar-refractivity contribution is 7.32. The van der Waals surface area contributed by atoms with Gasteiger partial charge in [0.2, 0.25) is 6.41 Å². The third-order valence-electron chi connectivity index (χ3n) is 0.668. The summed E-state index contributed by atoms with van der Waals surface area (Å²) in [6, 6.07) is 0. The van der Waals surface area contributed by atoms with E-state index in [-0.39, 0.29) is 19.6 Å². The van der Waals surface area contributed by atoms with Gasteiger partial charge in [-0.25, -0.2) is 5.06 Å². The quantitative estimate of drug-likeness (QED) is 0.244. The van der Waals surface area contributed by atoms with Crippen molar-refractivity contribution in [1.82, 2.24) is 5.06 Å². The molecule has 1 atom stereocenters. The van der Waals surface area contributed by atoms with E-state index < -0.39 is 8.25 Å². The van der Waals surface area contributed by atoms with Crippen LogP contribution >= 0.6 is 8.25 Å². The van der Waals surface area contributed by atoms with Crippen molar-refractivity contribution >= 4 is 14.7 Å². The molecule has 0 spiro atoms. The molecule has 1 unspecified atom stereocenters. The van der Waals surface area contributed by atoms with Gasteiger partial charge in [0, 0.05) is 0 Å². The SMILES string of the molecule is O=CN(O)CCO[PH](=O)O. The van der Waals surface area contributed by atoms with Crippen molar-refractivity contribution in [2.75, 3.05) is 13.2 Å². The molecule has 0 aromatic rings. The summed E-state index contributed by atoms with van der Waals surface area (Å²) < 4.78 is 14.0. The number of rotatable bonds is 5. The van der Waals surface area contributed by atoms with Gasteiger partial charge in [-0.1, -0.05) is 0 Å². The predicted molar refractivity (Wildman–Crippen MR) is 31.7 cm³/mol. The maximum atomic E-state index is 9.84. The molecule has 0 rings (SSSR count). The fourth-order valence-corrected chi connectivity index (χ4v) is 0.545. The molecule has 1 amide bonds. The second kappa shape index (κ2) is 5.37. The molecule has 0 aliphatic rings. The summed E-state index contributed by atoms with van der Waals surface area (Å²) in [6.45, 7) is -0.260. The minimum absolute atomic E-state index is 0.111. The van der Waals surface area contributed by atoms with Gasteiger partial charge in [0.05, 0.1) is 13.2 Å². The molecule has 10 heavy (non-hydrogen) atoms. The van der Waals surface area contributed by atoms with E-state index in [1.54, 1.807) is 0 Å². The van der Waals surface area contributed by atoms with Gasteiger partial charge in [0.15, 0.2) is 0 Å². The molecular weight excluding hydrogens is 161 g/mol. The van der Waals surface area contributed by atoms with Crippen LogP contribution in [0.15, 0.2) is 0 Å². The molecule has 0 saturated heterocycles. The van der Waals surface area contributed by atoms with E-state index in [1.165, 1.54) is 0 Å². The Bertz CT molecular complexity index is 128. The molecule has 0 aliphatic heterocycles. The summed E-state index contributed by atoms with van der Waals surface area (Å²) in [4.78, 5) is 17.7. The second-order valence-corrected chi connectivity index (χ2v) is 2.20. The van der Waals surface area contributed by atoms with E-state index in [0.717, 1.165) is 0 Å². The molecule has 2 N–H and O–H groups in total. The zero-order valence-corrected chi connectivity index (χ0v) is 6.06. The number of hydroxylamine groups is 2. The van der Waals surface area contributed by atoms with Crippen LogP contribution in [0, 0.1) is 0 Å². The molecule has 0 aromatic carbocycles. The standard InChI is InChI=1S/C3H8NO5P/c5-3-4(6)1-2-9-10(7)8/h3,6,10H,1-2H2,(H,7,8). The van der Waals surface area contributed by atoms with Crippen LogP contribution in [0.4, 0.5) is 0 Å². The van der Waals surface area contributed by atoms with Gasteiger partial charge in [0.25, 0.3) is 0 Å². The van der Waals surface area contributed by atoms with Gasteiger partial charge in [-0.3, -0.25) is 14.6 Å². The van der Waals surface area contributed by atoms with Crippen molar-refractivity contribution in [3.05, 3.63) is 0 Å². The normalized spacial score (nSPS) is 12.6. The number of amides is 1. The highest BCUT2D eigenvalue weighted by Gasteiger charge is 1.96. The average molecular weight is 169 g/mol. The smallest absolute Gasteiger partial charge is 0.316 e. The van der Waals surface area contributed by atoms with Gasteiger partial charge in [-0.05, 0) is 0 Å². The summed E-state index contributed by atoms with van der Waals surface area (Å²) in [5, 5.41) is 8.71. The van der Waals surface area contributed by atoms with Crippen molar-refractivity contribution in [3.8, 4) is 0 Å². The third kappa shape index (κ3) is 5.71. The van der Waals surface area contributed by atoms with E-state index >= 15 is 0 Å². The van der Waals surface area contributed by atoms with Crippen LogP contribution in [-0.2, 0) is 13.9 Å². The average Bonchev–Trinajstić information content (AvgIpc) is 1.87. The highest BCUT2D eigenvalue weighted by atomic mass is 31.1. The van der Waals surface area contributed by atoms with Crippen LogP contribution in [0.25, 0.3) is 0 Å².